The van der Waals surface area contributed by atoms with Gasteiger partial charge in [0.1, 0.15) is 0 Å². The molecule has 0 unspecified atom stereocenters. The molecule has 1 aromatic heterocycles. The second kappa shape index (κ2) is 12.4. The van der Waals surface area contributed by atoms with Crippen molar-refractivity contribution in [2.45, 2.75) is 50.9 Å². The molecular formula is C26H33ClN6O5S. The number of benzene rings is 1. The number of thiazole rings is 1. The smallest absolute Gasteiger partial charge is 0.313 e. The van der Waals surface area contributed by atoms with Crippen LogP contribution in [0.2, 0.25) is 5.02 Å². The zero-order chi connectivity index (χ0) is 28.3. The minimum atomic E-state index is -0.916. The average Bonchev–Trinajstić information content (AvgIpc) is 3.33. The monoisotopic (exact) mass is 576 g/mol. The summed E-state index contributed by atoms with van der Waals surface area (Å²) in [5, 5.41) is 18.5. The minimum Gasteiger partial charge on any atom is -0.392 e. The molecule has 39 heavy (non-hydrogen) atoms. The van der Waals surface area contributed by atoms with Crippen molar-refractivity contribution in [1.82, 2.24) is 25.4 Å². The minimum absolute atomic E-state index is 0.0520. The second-order valence-corrected chi connectivity index (χ2v) is 11.7. The van der Waals surface area contributed by atoms with E-state index in [0.717, 1.165) is 30.1 Å². The van der Waals surface area contributed by atoms with Gasteiger partial charge in [-0.05, 0) is 44.5 Å². The number of likely N-dealkylation sites (N-methyl/N-ethyl adjacent to an activating group) is 1. The van der Waals surface area contributed by atoms with Gasteiger partial charge in [-0.3, -0.25) is 19.2 Å². The van der Waals surface area contributed by atoms with Crippen molar-refractivity contribution in [2.24, 2.45) is 5.92 Å². The first-order valence-electron chi connectivity index (χ1n) is 12.8. The van der Waals surface area contributed by atoms with E-state index in [2.05, 4.69) is 25.8 Å². The third kappa shape index (κ3) is 6.93. The van der Waals surface area contributed by atoms with Gasteiger partial charge < -0.3 is 30.9 Å². The summed E-state index contributed by atoms with van der Waals surface area (Å²) in [5.41, 5.74) is 1.57. The summed E-state index contributed by atoms with van der Waals surface area (Å²) in [6.45, 7) is 1.25. The van der Waals surface area contributed by atoms with Crippen LogP contribution < -0.4 is 16.0 Å². The summed E-state index contributed by atoms with van der Waals surface area (Å²) in [7, 11) is 5.39. The molecule has 0 spiro atoms. The molecule has 3 atom stereocenters. The van der Waals surface area contributed by atoms with Crippen LogP contribution in [-0.4, -0.2) is 83.3 Å². The maximum absolute atomic E-state index is 13.2. The number of anilines is 1. The van der Waals surface area contributed by atoms with E-state index in [1.54, 1.807) is 14.1 Å². The van der Waals surface area contributed by atoms with Gasteiger partial charge in [0.25, 0.3) is 5.91 Å². The van der Waals surface area contributed by atoms with Gasteiger partial charge in [0.05, 0.1) is 18.3 Å². The largest absolute Gasteiger partial charge is 0.392 e. The van der Waals surface area contributed by atoms with Gasteiger partial charge in [-0.1, -0.05) is 11.6 Å². The lowest BCUT2D eigenvalue weighted by Crippen LogP contribution is -2.57. The second-order valence-electron chi connectivity index (χ2n) is 10.2. The molecule has 1 aliphatic carbocycles. The van der Waals surface area contributed by atoms with Crippen LogP contribution in [0.5, 0.6) is 0 Å². The molecule has 1 aliphatic heterocycles. The first kappa shape index (κ1) is 28.9. The van der Waals surface area contributed by atoms with Gasteiger partial charge in [0.2, 0.25) is 5.91 Å². The lowest BCUT2D eigenvalue weighted by molar-refractivity contribution is -0.137. The molecule has 4 N–H and O–H groups in total. The van der Waals surface area contributed by atoms with E-state index in [9.17, 15) is 24.3 Å². The Kier molecular flexibility index (Phi) is 9.21. The topological polar surface area (TPSA) is 144 Å². The highest BCUT2D eigenvalue weighted by Crippen LogP contribution is 2.28. The third-order valence-electron chi connectivity index (χ3n) is 7.08. The van der Waals surface area contributed by atoms with Crippen LogP contribution in [0.25, 0.3) is 0 Å². The molecular weight excluding hydrogens is 544 g/mol. The Morgan fingerprint density at radius 3 is 2.64 bits per heavy atom. The van der Waals surface area contributed by atoms with Gasteiger partial charge >= 0.3 is 11.8 Å². The molecule has 1 saturated carbocycles. The number of aliphatic hydroxyl groups excluding tert-OH is 1. The molecule has 1 aromatic carbocycles. The normalized spacial score (nSPS) is 21.0. The summed E-state index contributed by atoms with van der Waals surface area (Å²) in [6, 6.07) is 3.40. The van der Waals surface area contributed by atoms with Crippen molar-refractivity contribution < 1.29 is 24.3 Å². The predicted octanol–water partition coefficient (Wildman–Crippen LogP) is 1.39. The van der Waals surface area contributed by atoms with Crippen molar-refractivity contribution >= 4 is 52.3 Å². The highest BCUT2D eigenvalue weighted by molar-refractivity contribution is 7.13. The fourth-order valence-corrected chi connectivity index (χ4v) is 6.26. The lowest BCUT2D eigenvalue weighted by atomic mass is 9.81. The summed E-state index contributed by atoms with van der Waals surface area (Å²) in [4.78, 5) is 60.8. The molecule has 0 bridgehead atoms. The summed E-state index contributed by atoms with van der Waals surface area (Å²) in [5.74, 6) is -2.55. The van der Waals surface area contributed by atoms with E-state index >= 15 is 0 Å². The number of fused-ring (bicyclic) bond motifs is 1. The molecule has 2 heterocycles. The zero-order valence-electron chi connectivity index (χ0n) is 22.1. The summed E-state index contributed by atoms with van der Waals surface area (Å²) in [6.07, 6.45) is 1.99. The van der Waals surface area contributed by atoms with Crippen LogP contribution in [0, 0.1) is 5.92 Å². The predicted molar refractivity (Wildman–Crippen MR) is 147 cm³/mol. The van der Waals surface area contributed by atoms with E-state index in [0.29, 0.717) is 34.9 Å². The van der Waals surface area contributed by atoms with Crippen molar-refractivity contribution in [3.63, 3.8) is 0 Å². The van der Waals surface area contributed by atoms with Crippen LogP contribution in [0.3, 0.4) is 0 Å². The van der Waals surface area contributed by atoms with Crippen molar-refractivity contribution in [1.29, 1.82) is 0 Å². The van der Waals surface area contributed by atoms with Gasteiger partial charge in [-0.2, -0.15) is 0 Å². The molecule has 0 saturated heterocycles. The Morgan fingerprint density at radius 1 is 1.15 bits per heavy atom. The molecule has 1 fully saturated rings. The van der Waals surface area contributed by atoms with E-state index < -0.39 is 23.9 Å². The Bertz CT molecular complexity index is 1270. The first-order valence-corrected chi connectivity index (χ1v) is 14.0. The molecule has 13 heteroatoms. The van der Waals surface area contributed by atoms with Gasteiger partial charge in [0, 0.05) is 66.7 Å². The fourth-order valence-electron chi connectivity index (χ4n) is 4.97. The molecule has 4 rings (SSSR count). The Hall–Kier alpha value is -3.06. The van der Waals surface area contributed by atoms with Gasteiger partial charge in [-0.15, -0.1) is 11.3 Å². The van der Waals surface area contributed by atoms with Gasteiger partial charge in [0.15, 0.2) is 5.01 Å². The third-order valence-corrected chi connectivity index (χ3v) is 8.40. The van der Waals surface area contributed by atoms with Crippen LogP contribution in [0.4, 0.5) is 5.69 Å². The summed E-state index contributed by atoms with van der Waals surface area (Å²) >= 11 is 7.30. The maximum atomic E-state index is 13.2. The number of nitrogens with one attached hydrogen (secondary N) is 3. The number of aliphatic hydroxyl groups is 1. The van der Waals surface area contributed by atoms with Crippen LogP contribution in [0.15, 0.2) is 18.2 Å². The number of carbonyl (C=O) groups excluding carboxylic acids is 4. The van der Waals surface area contributed by atoms with E-state index in [4.69, 9.17) is 11.6 Å². The van der Waals surface area contributed by atoms with Gasteiger partial charge in [-0.25, -0.2) is 4.98 Å². The van der Waals surface area contributed by atoms with Crippen molar-refractivity contribution in [2.75, 3.05) is 33.0 Å². The molecule has 4 amide bonds. The highest BCUT2D eigenvalue weighted by atomic mass is 35.5. The molecule has 210 valence electrons. The fraction of sp³-hybridized carbons (Fsp3) is 0.500. The van der Waals surface area contributed by atoms with E-state index in [1.807, 2.05) is 7.05 Å². The number of halogens is 1. The SMILES string of the molecule is CN1CCc2nc(C(=O)N[C@@H]3C[C@@H](C(=O)N(C)C)CC[C@@H]3NC(=O)C(=O)Nc3ccc(Cl)cc3CO)sc2C1. The Morgan fingerprint density at radius 2 is 1.92 bits per heavy atom. The number of carbonyl (C=O) groups is 4. The van der Waals surface area contributed by atoms with Crippen LogP contribution in [0.1, 0.15) is 45.2 Å². The molecule has 0 radical (unpaired) electrons. The van der Waals surface area contributed by atoms with Crippen LogP contribution in [-0.2, 0) is 34.0 Å². The highest BCUT2D eigenvalue weighted by Gasteiger charge is 2.37. The number of nitrogens with zero attached hydrogens (tertiary/aromatic N) is 3. The number of rotatable bonds is 6. The Balaban J connectivity index is 1.47. The molecule has 2 aromatic rings. The summed E-state index contributed by atoms with van der Waals surface area (Å²) < 4.78 is 0. The number of hydrogen-bond donors (Lipinski definition) is 4. The van der Waals surface area contributed by atoms with Crippen molar-refractivity contribution in [3.8, 4) is 0 Å². The standard InChI is InChI=1S/C26H33ClN6O5S/c1-32(2)26(38)14-4-6-18(29-23(36)22(35)28-17-7-5-16(27)10-15(17)13-34)20(11-14)30-24(37)25-31-19-8-9-33(3)12-21(19)39-25/h5,7,10,14,18,20,34H,4,6,8-9,11-13H2,1-3H3,(H,28,35)(H,29,36)(H,30,37)/t14-,18-,20+/m0/s1. The number of aromatic nitrogens is 1. The quantitative estimate of drug-likeness (QED) is 0.380. The van der Waals surface area contributed by atoms with E-state index in [-0.39, 0.29) is 30.0 Å². The number of hydrogen-bond acceptors (Lipinski definition) is 8. The number of amides is 4. The lowest BCUT2D eigenvalue weighted by Gasteiger charge is -2.37. The van der Waals surface area contributed by atoms with Crippen LogP contribution >= 0.6 is 22.9 Å². The molecule has 2 aliphatic rings. The maximum Gasteiger partial charge on any atom is 0.313 e. The van der Waals surface area contributed by atoms with Crippen molar-refractivity contribution in [3.05, 3.63) is 44.4 Å². The Labute approximate surface area is 235 Å². The zero-order valence-corrected chi connectivity index (χ0v) is 23.7. The molecule has 11 nitrogen and oxygen atoms in total. The van der Waals surface area contributed by atoms with E-state index in [1.165, 1.54) is 34.4 Å². The first-order chi connectivity index (χ1) is 18.5. The average molecular weight is 577 g/mol.